The number of rotatable bonds is 75. The summed E-state index contributed by atoms with van der Waals surface area (Å²) in [6.07, 6.45) is 85.7. The topological polar surface area (TPSA) is 237 Å². The molecule has 0 aliphatic carbocycles. The largest absolute Gasteiger partial charge is 0.472 e. The van der Waals surface area contributed by atoms with Crippen LogP contribution >= 0.6 is 15.6 Å². The van der Waals surface area contributed by atoms with Gasteiger partial charge in [-0.2, -0.15) is 0 Å². The fourth-order valence-electron chi connectivity index (χ4n) is 10.5. The van der Waals surface area contributed by atoms with Gasteiger partial charge in [0.05, 0.1) is 26.4 Å². The van der Waals surface area contributed by atoms with Gasteiger partial charge in [-0.25, -0.2) is 9.13 Å². The molecule has 596 valence electrons. The van der Waals surface area contributed by atoms with E-state index in [2.05, 4.69) is 161 Å². The van der Waals surface area contributed by atoms with Crippen molar-refractivity contribution >= 4 is 39.5 Å². The number of hydrogen-bond donors (Lipinski definition) is 3. The Morgan fingerprint density at radius 3 is 0.817 bits per heavy atom. The number of ether oxygens (including phenoxy) is 4. The van der Waals surface area contributed by atoms with Crippen molar-refractivity contribution in [3.63, 3.8) is 0 Å². The van der Waals surface area contributed by atoms with Crippen molar-refractivity contribution in [3.05, 3.63) is 134 Å². The zero-order valence-electron chi connectivity index (χ0n) is 65.2. The summed E-state index contributed by atoms with van der Waals surface area (Å²) in [6, 6.07) is 0. The van der Waals surface area contributed by atoms with Crippen molar-refractivity contribution in [3.8, 4) is 0 Å². The van der Waals surface area contributed by atoms with Crippen LogP contribution in [0.5, 0.6) is 0 Å². The predicted octanol–water partition coefficient (Wildman–Crippen LogP) is 23.7. The minimum absolute atomic E-state index is 0.0719. The van der Waals surface area contributed by atoms with Gasteiger partial charge in [-0.05, 0) is 154 Å². The maximum absolute atomic E-state index is 13.1. The molecular weight excluding hydrogens is 1350 g/mol. The van der Waals surface area contributed by atoms with E-state index in [9.17, 15) is 43.2 Å². The Morgan fingerprint density at radius 1 is 0.279 bits per heavy atom. The lowest BCUT2D eigenvalue weighted by Crippen LogP contribution is -2.30. The highest BCUT2D eigenvalue weighted by atomic mass is 31.2. The molecule has 0 amide bonds. The number of allylic oxidation sites excluding steroid dienone is 22. The second kappa shape index (κ2) is 76.4. The van der Waals surface area contributed by atoms with E-state index in [0.717, 1.165) is 205 Å². The third kappa shape index (κ3) is 75.4. The Morgan fingerprint density at radius 2 is 0.519 bits per heavy atom. The van der Waals surface area contributed by atoms with E-state index < -0.39 is 97.5 Å². The quantitative estimate of drug-likeness (QED) is 0.0169. The Labute approximate surface area is 631 Å². The molecule has 0 aliphatic heterocycles. The molecule has 0 spiro atoms. The van der Waals surface area contributed by atoms with Gasteiger partial charge in [-0.15, -0.1) is 0 Å². The molecule has 5 atom stereocenters. The highest BCUT2D eigenvalue weighted by Gasteiger charge is 2.30. The molecule has 19 heteroatoms. The number of aliphatic hydroxyl groups excluding tert-OH is 1. The van der Waals surface area contributed by atoms with Gasteiger partial charge < -0.3 is 33.8 Å². The number of aliphatic hydroxyl groups is 1. The number of unbranched alkanes of at least 4 members (excludes halogenated alkanes) is 27. The first-order chi connectivity index (χ1) is 50.7. The Balaban J connectivity index is 5.39. The number of phosphoric ester groups is 2. The summed E-state index contributed by atoms with van der Waals surface area (Å²) >= 11 is 0. The van der Waals surface area contributed by atoms with Gasteiger partial charge in [0.1, 0.15) is 19.3 Å². The average Bonchev–Trinajstić information content (AvgIpc) is 0.939. The van der Waals surface area contributed by atoms with Crippen LogP contribution in [0.4, 0.5) is 0 Å². The first-order valence-corrected chi connectivity index (χ1v) is 43.4. The van der Waals surface area contributed by atoms with Crippen LogP contribution in [0.25, 0.3) is 0 Å². The van der Waals surface area contributed by atoms with Crippen molar-refractivity contribution in [1.29, 1.82) is 0 Å². The summed E-state index contributed by atoms with van der Waals surface area (Å²) in [5, 5.41) is 10.6. The lowest BCUT2D eigenvalue weighted by molar-refractivity contribution is -0.161. The minimum Gasteiger partial charge on any atom is -0.462 e. The summed E-state index contributed by atoms with van der Waals surface area (Å²) in [6.45, 7) is 4.53. The average molecular weight is 1500 g/mol. The molecule has 0 heterocycles. The lowest BCUT2D eigenvalue weighted by atomic mass is 10.1. The van der Waals surface area contributed by atoms with Crippen molar-refractivity contribution < 1.29 is 80.2 Å². The summed E-state index contributed by atoms with van der Waals surface area (Å²) in [5.41, 5.74) is 0. The fourth-order valence-corrected chi connectivity index (χ4v) is 12.0. The van der Waals surface area contributed by atoms with Crippen LogP contribution in [0.2, 0.25) is 0 Å². The van der Waals surface area contributed by atoms with Crippen LogP contribution in [-0.4, -0.2) is 96.7 Å². The zero-order valence-corrected chi connectivity index (χ0v) is 66.9. The first kappa shape index (κ1) is 99.2. The van der Waals surface area contributed by atoms with Crippen LogP contribution < -0.4 is 0 Å². The van der Waals surface area contributed by atoms with Crippen LogP contribution in [-0.2, 0) is 65.4 Å². The Kier molecular flexibility index (Phi) is 72.9. The standard InChI is InChI=1S/C85H144O17P2/c1-5-9-13-17-21-25-29-33-36-38-39-41-44-47-50-54-58-62-66-70-83(88)95-75-80(101-84(89)71-67-63-59-55-51-45-32-28-24-20-16-12-8-4)77-99-103(91,92)97-73-79(86)74-98-104(93,94)100-78-81(102-85(90)72-68-64-60-56-52-48-42-35-31-27-23-19-15-11-7-3)76-96-82(87)69-65-61-57-53-49-46-43-40-37-34-30-26-22-18-14-10-6-2/h9-10,13-14,16,20-22,25-26,28,32-37,39,41-43,46,79-81,86H,5-8,11-12,15,17-19,23-24,27,29-31,38,40,44-45,47-78H2,1-4H3,(H,91,92)(H,93,94)/b13-9-,14-10-,20-16-,25-21-,26-22-,32-28-,36-33-,37-34-,41-39-,42-35-,46-43-. The molecule has 0 bridgehead atoms. The highest BCUT2D eigenvalue weighted by Crippen LogP contribution is 2.45. The molecule has 0 aromatic heterocycles. The van der Waals surface area contributed by atoms with E-state index in [1.54, 1.807) is 0 Å². The molecule has 5 unspecified atom stereocenters. The molecule has 0 radical (unpaired) electrons. The summed E-state index contributed by atoms with van der Waals surface area (Å²) in [4.78, 5) is 73.1. The Hall–Kier alpha value is -4.80. The molecule has 104 heavy (non-hydrogen) atoms. The predicted molar refractivity (Wildman–Crippen MR) is 427 cm³/mol. The summed E-state index contributed by atoms with van der Waals surface area (Å²) < 4.78 is 68.6. The van der Waals surface area contributed by atoms with E-state index in [-0.39, 0.29) is 25.7 Å². The number of esters is 4. The molecule has 0 fully saturated rings. The molecule has 0 saturated heterocycles. The van der Waals surface area contributed by atoms with E-state index in [0.29, 0.717) is 25.7 Å². The van der Waals surface area contributed by atoms with E-state index in [4.69, 9.17) is 37.0 Å². The zero-order chi connectivity index (χ0) is 76.0. The number of carbonyl (C=O) groups is 4. The van der Waals surface area contributed by atoms with Crippen molar-refractivity contribution in [1.82, 2.24) is 0 Å². The second-order valence-corrected chi connectivity index (χ2v) is 29.5. The van der Waals surface area contributed by atoms with Gasteiger partial charge >= 0.3 is 39.5 Å². The number of carbonyl (C=O) groups excluding carboxylic acids is 4. The van der Waals surface area contributed by atoms with Crippen LogP contribution in [0.3, 0.4) is 0 Å². The van der Waals surface area contributed by atoms with E-state index in [1.165, 1.54) is 38.5 Å². The maximum atomic E-state index is 13.1. The third-order valence-electron chi connectivity index (χ3n) is 16.6. The van der Waals surface area contributed by atoms with Gasteiger partial charge in [0.15, 0.2) is 12.2 Å². The smallest absolute Gasteiger partial charge is 0.462 e. The summed E-state index contributed by atoms with van der Waals surface area (Å²) in [5.74, 6) is -2.24. The fraction of sp³-hybridized carbons (Fsp3) is 0.694. The molecule has 0 aromatic rings. The molecule has 0 aromatic carbocycles. The van der Waals surface area contributed by atoms with Gasteiger partial charge in [0.25, 0.3) is 0 Å². The third-order valence-corrected chi connectivity index (χ3v) is 18.5. The number of phosphoric acid groups is 2. The first-order valence-electron chi connectivity index (χ1n) is 40.4. The van der Waals surface area contributed by atoms with E-state index in [1.807, 2.05) is 0 Å². The van der Waals surface area contributed by atoms with Gasteiger partial charge in [-0.3, -0.25) is 37.3 Å². The molecule has 3 N–H and O–H groups in total. The normalized spacial score (nSPS) is 14.6. The van der Waals surface area contributed by atoms with Crippen molar-refractivity contribution in [2.24, 2.45) is 0 Å². The monoisotopic (exact) mass is 1500 g/mol. The molecule has 0 aliphatic rings. The molecular formula is C85H144O17P2. The molecule has 17 nitrogen and oxygen atoms in total. The molecule has 0 saturated carbocycles. The maximum Gasteiger partial charge on any atom is 0.472 e. The van der Waals surface area contributed by atoms with Gasteiger partial charge in [0.2, 0.25) is 0 Å². The van der Waals surface area contributed by atoms with Crippen LogP contribution in [0.15, 0.2) is 134 Å². The van der Waals surface area contributed by atoms with Crippen LogP contribution in [0.1, 0.15) is 323 Å². The molecule has 0 rings (SSSR count). The van der Waals surface area contributed by atoms with Crippen LogP contribution in [0, 0.1) is 0 Å². The highest BCUT2D eigenvalue weighted by molar-refractivity contribution is 7.47. The summed E-state index contributed by atoms with van der Waals surface area (Å²) in [7, 11) is -9.98. The van der Waals surface area contributed by atoms with Crippen molar-refractivity contribution in [2.45, 2.75) is 341 Å². The van der Waals surface area contributed by atoms with E-state index >= 15 is 0 Å². The minimum atomic E-state index is -4.99. The Bertz CT molecular complexity index is 2490. The second-order valence-electron chi connectivity index (χ2n) is 26.6. The number of hydrogen-bond acceptors (Lipinski definition) is 15. The SMILES string of the molecule is CC/C=C\C/C=C\C/C=C\C/C=C\CCCCCCCCC(=O)OCC(COP(=O)(O)OCC(O)COP(=O)(O)OCC(COC(=O)CCCCCC/C=C\C/C=C\C/C=C\C/C=C\CC)OC(=O)CCCCCCC/C=C\CCCCCCCC)OC(=O)CCCCCCC/C=C\C/C=C\CCC. The van der Waals surface area contributed by atoms with Crippen molar-refractivity contribution in [2.75, 3.05) is 39.6 Å². The lowest BCUT2D eigenvalue weighted by Gasteiger charge is -2.21. The van der Waals surface area contributed by atoms with Gasteiger partial charge in [0, 0.05) is 25.7 Å². The van der Waals surface area contributed by atoms with Gasteiger partial charge in [-0.1, -0.05) is 277 Å².